The number of carboxylic acids is 1. The number of nitrogens with zero attached hydrogens (tertiary/aromatic N) is 3. The summed E-state index contributed by atoms with van der Waals surface area (Å²) in [6, 6.07) is 6.12. The number of anilines is 1. The van der Waals surface area contributed by atoms with E-state index in [4.69, 9.17) is 5.73 Å². The normalized spacial score (nSPS) is 21.0. The van der Waals surface area contributed by atoms with Gasteiger partial charge in [0.15, 0.2) is 0 Å². The summed E-state index contributed by atoms with van der Waals surface area (Å²) in [5.74, 6) is -0.556. The molecule has 0 fully saturated rings. The zero-order chi connectivity index (χ0) is 15.1. The van der Waals surface area contributed by atoms with Crippen LogP contribution in [0.2, 0.25) is 0 Å². The molecular weight excluding hydrogens is 268 g/mol. The number of nitrogen functional groups attached to an aromatic ring is 1. The summed E-state index contributed by atoms with van der Waals surface area (Å²) in [6.45, 7) is 4.58. The zero-order valence-electron chi connectivity index (χ0n) is 12.1. The summed E-state index contributed by atoms with van der Waals surface area (Å²) in [7, 11) is 0. The highest BCUT2D eigenvalue weighted by atomic mass is 16.4. The molecule has 2 aromatic rings. The average molecular weight is 286 g/mol. The van der Waals surface area contributed by atoms with Crippen molar-refractivity contribution < 1.29 is 9.90 Å². The second kappa shape index (κ2) is 4.87. The molecule has 2 heterocycles. The molecule has 1 aromatic heterocycles. The largest absolute Gasteiger partial charge is 0.481 e. The standard InChI is InChI=1S/C15H18N4O2/c1-8-3-4-10(5-9(8)2)12-7-19-13(17-15(16)18-19)6-11(12)14(20)21/h3-5,11-12H,6-7H2,1-2H3,(H2,16,18)(H,20,21). The molecule has 0 amide bonds. The molecular formula is C15H18N4O2. The van der Waals surface area contributed by atoms with Gasteiger partial charge < -0.3 is 10.8 Å². The maximum absolute atomic E-state index is 11.6. The first-order valence-electron chi connectivity index (χ1n) is 6.95. The van der Waals surface area contributed by atoms with Crippen molar-refractivity contribution in [1.29, 1.82) is 0 Å². The lowest BCUT2D eigenvalue weighted by atomic mass is 9.81. The summed E-state index contributed by atoms with van der Waals surface area (Å²) in [4.78, 5) is 15.7. The summed E-state index contributed by atoms with van der Waals surface area (Å²) >= 11 is 0. The lowest BCUT2D eigenvalue weighted by Gasteiger charge is -2.29. The van der Waals surface area contributed by atoms with E-state index < -0.39 is 11.9 Å². The van der Waals surface area contributed by atoms with Gasteiger partial charge in [0.1, 0.15) is 5.82 Å². The topological polar surface area (TPSA) is 94.0 Å². The summed E-state index contributed by atoms with van der Waals surface area (Å²) in [5.41, 5.74) is 9.02. The van der Waals surface area contributed by atoms with Crippen molar-refractivity contribution in [3.05, 3.63) is 40.7 Å². The number of aliphatic carboxylic acids is 1. The molecule has 0 saturated carbocycles. The Bertz CT molecular complexity index is 708. The van der Waals surface area contributed by atoms with Gasteiger partial charge in [0.2, 0.25) is 5.95 Å². The van der Waals surface area contributed by atoms with Crippen molar-refractivity contribution in [3.8, 4) is 0 Å². The maximum Gasteiger partial charge on any atom is 0.307 e. The van der Waals surface area contributed by atoms with Crippen LogP contribution in [0, 0.1) is 19.8 Å². The zero-order valence-corrected chi connectivity index (χ0v) is 12.1. The molecule has 2 unspecified atom stereocenters. The Morgan fingerprint density at radius 1 is 1.38 bits per heavy atom. The fraction of sp³-hybridized carbons (Fsp3) is 0.400. The third-order valence-corrected chi connectivity index (χ3v) is 4.30. The molecule has 21 heavy (non-hydrogen) atoms. The minimum atomic E-state index is -0.800. The SMILES string of the molecule is Cc1ccc(C2Cn3nc(N)nc3CC2C(=O)O)cc1C. The van der Waals surface area contributed by atoms with Crippen LogP contribution in [0.1, 0.15) is 28.4 Å². The van der Waals surface area contributed by atoms with Crippen LogP contribution in [-0.2, 0) is 17.8 Å². The molecule has 0 bridgehead atoms. The molecule has 1 aliphatic heterocycles. The van der Waals surface area contributed by atoms with Crippen LogP contribution in [0.25, 0.3) is 0 Å². The monoisotopic (exact) mass is 286 g/mol. The van der Waals surface area contributed by atoms with Crippen LogP contribution in [-0.4, -0.2) is 25.8 Å². The Labute approximate surface area is 122 Å². The number of carboxylic acid groups (broad SMARTS) is 1. The molecule has 110 valence electrons. The fourth-order valence-electron chi connectivity index (χ4n) is 2.94. The lowest BCUT2D eigenvalue weighted by Crippen LogP contribution is -2.33. The fourth-order valence-corrected chi connectivity index (χ4v) is 2.94. The van der Waals surface area contributed by atoms with E-state index in [-0.39, 0.29) is 11.9 Å². The highest BCUT2D eigenvalue weighted by Gasteiger charge is 2.36. The third-order valence-electron chi connectivity index (χ3n) is 4.30. The number of aryl methyl sites for hydroxylation is 2. The highest BCUT2D eigenvalue weighted by Crippen LogP contribution is 2.34. The molecule has 0 spiro atoms. The number of hydrogen-bond donors (Lipinski definition) is 2. The van der Waals surface area contributed by atoms with E-state index in [1.807, 2.05) is 26.0 Å². The number of fused-ring (bicyclic) bond motifs is 1. The molecule has 0 saturated heterocycles. The van der Waals surface area contributed by atoms with E-state index in [1.165, 1.54) is 11.1 Å². The van der Waals surface area contributed by atoms with Crippen LogP contribution in [0.4, 0.5) is 5.95 Å². The molecule has 3 rings (SSSR count). The van der Waals surface area contributed by atoms with Crippen molar-refractivity contribution in [2.75, 3.05) is 5.73 Å². The van der Waals surface area contributed by atoms with E-state index >= 15 is 0 Å². The quantitative estimate of drug-likeness (QED) is 0.873. The minimum absolute atomic E-state index is 0.115. The van der Waals surface area contributed by atoms with E-state index in [0.29, 0.717) is 18.8 Å². The van der Waals surface area contributed by atoms with Gasteiger partial charge in [0.05, 0.1) is 12.5 Å². The predicted molar refractivity (Wildman–Crippen MR) is 77.9 cm³/mol. The van der Waals surface area contributed by atoms with Gasteiger partial charge in [-0.15, -0.1) is 5.10 Å². The van der Waals surface area contributed by atoms with Crippen LogP contribution in [0.5, 0.6) is 0 Å². The Morgan fingerprint density at radius 3 is 2.81 bits per heavy atom. The highest BCUT2D eigenvalue weighted by molar-refractivity contribution is 5.72. The van der Waals surface area contributed by atoms with E-state index in [1.54, 1.807) is 4.68 Å². The van der Waals surface area contributed by atoms with Crippen molar-refractivity contribution in [3.63, 3.8) is 0 Å². The first kappa shape index (κ1) is 13.6. The van der Waals surface area contributed by atoms with Crippen molar-refractivity contribution in [1.82, 2.24) is 14.8 Å². The number of nitrogens with two attached hydrogens (primary N) is 1. The molecule has 1 aliphatic rings. The van der Waals surface area contributed by atoms with Gasteiger partial charge in [-0.2, -0.15) is 4.98 Å². The van der Waals surface area contributed by atoms with Gasteiger partial charge in [0.25, 0.3) is 0 Å². The summed E-state index contributed by atoms with van der Waals surface area (Å²) in [5, 5.41) is 13.7. The lowest BCUT2D eigenvalue weighted by molar-refractivity contribution is -0.143. The Morgan fingerprint density at radius 2 is 2.14 bits per heavy atom. The van der Waals surface area contributed by atoms with Gasteiger partial charge in [-0.3, -0.25) is 4.79 Å². The van der Waals surface area contributed by atoms with Crippen LogP contribution in [0.15, 0.2) is 18.2 Å². The summed E-state index contributed by atoms with van der Waals surface area (Å²) < 4.78 is 1.73. The Kier molecular flexibility index (Phi) is 3.16. The van der Waals surface area contributed by atoms with Gasteiger partial charge in [0, 0.05) is 12.3 Å². The van der Waals surface area contributed by atoms with Crippen LogP contribution >= 0.6 is 0 Å². The van der Waals surface area contributed by atoms with Crippen LogP contribution < -0.4 is 5.73 Å². The first-order chi connectivity index (χ1) is 9.95. The van der Waals surface area contributed by atoms with E-state index in [0.717, 1.165) is 5.56 Å². The van der Waals surface area contributed by atoms with Gasteiger partial charge in [-0.25, -0.2) is 4.68 Å². The molecule has 0 radical (unpaired) electrons. The molecule has 3 N–H and O–H groups in total. The molecule has 6 nitrogen and oxygen atoms in total. The number of hydrogen-bond acceptors (Lipinski definition) is 4. The van der Waals surface area contributed by atoms with Crippen LogP contribution in [0.3, 0.4) is 0 Å². The summed E-state index contributed by atoms with van der Waals surface area (Å²) in [6.07, 6.45) is 0.358. The van der Waals surface area contributed by atoms with Gasteiger partial charge >= 0.3 is 5.97 Å². The first-order valence-corrected chi connectivity index (χ1v) is 6.95. The predicted octanol–water partition coefficient (Wildman–Crippen LogP) is 1.52. The number of benzene rings is 1. The molecule has 1 aromatic carbocycles. The Balaban J connectivity index is 2.02. The smallest absolute Gasteiger partial charge is 0.307 e. The second-order valence-corrected chi connectivity index (χ2v) is 5.67. The van der Waals surface area contributed by atoms with Crippen molar-refractivity contribution in [2.45, 2.75) is 32.7 Å². The second-order valence-electron chi connectivity index (χ2n) is 5.67. The van der Waals surface area contributed by atoms with E-state index in [9.17, 15) is 9.90 Å². The molecule has 0 aliphatic carbocycles. The van der Waals surface area contributed by atoms with Crippen molar-refractivity contribution >= 4 is 11.9 Å². The van der Waals surface area contributed by atoms with Gasteiger partial charge in [-0.1, -0.05) is 18.2 Å². The molecule has 2 atom stereocenters. The number of rotatable bonds is 2. The molecule has 6 heteroatoms. The maximum atomic E-state index is 11.6. The minimum Gasteiger partial charge on any atom is -0.481 e. The average Bonchev–Trinajstić information content (AvgIpc) is 2.79. The number of aromatic nitrogens is 3. The van der Waals surface area contributed by atoms with E-state index in [2.05, 4.69) is 16.1 Å². The third kappa shape index (κ3) is 2.37. The Hall–Kier alpha value is -2.37. The van der Waals surface area contributed by atoms with Gasteiger partial charge in [-0.05, 0) is 30.5 Å². The van der Waals surface area contributed by atoms with Crippen molar-refractivity contribution in [2.24, 2.45) is 5.92 Å². The number of carbonyl (C=O) groups is 1.